The van der Waals surface area contributed by atoms with E-state index in [2.05, 4.69) is 44.1 Å². The lowest BCUT2D eigenvalue weighted by molar-refractivity contribution is -0.126. The number of carbonyl (C=O) groups excluding carboxylic acids is 1. The molecule has 0 fully saturated rings. The second kappa shape index (κ2) is 8.00. The Hall–Kier alpha value is -0.590. The van der Waals surface area contributed by atoms with Crippen molar-refractivity contribution in [3.05, 3.63) is 26.6 Å². The van der Waals surface area contributed by atoms with Crippen molar-refractivity contribution in [2.75, 3.05) is 7.05 Å². The van der Waals surface area contributed by atoms with Crippen LogP contribution in [0.15, 0.2) is 21.1 Å². The maximum Gasteiger partial charge on any atom is 0.260 e. The van der Waals surface area contributed by atoms with E-state index in [0.717, 1.165) is 27.4 Å². The summed E-state index contributed by atoms with van der Waals surface area (Å²) in [6.45, 7) is 3.77. The Labute approximate surface area is 136 Å². The van der Waals surface area contributed by atoms with Gasteiger partial charge in [-0.05, 0) is 69.3 Å². The standard InChI is InChI=1S/C14H20Br2N2O2/c1-4-10(17)5-9-6-11(15)13(12(16)7-9)20-8(2)14(19)18-3/h6-8,10H,4-5,17H2,1-3H3,(H,18,19). The molecule has 2 atom stereocenters. The van der Waals surface area contributed by atoms with Crippen LogP contribution in [0.4, 0.5) is 0 Å². The van der Waals surface area contributed by atoms with Gasteiger partial charge in [-0.15, -0.1) is 0 Å². The molecule has 0 bridgehead atoms. The Kier molecular flexibility index (Phi) is 6.99. The van der Waals surface area contributed by atoms with Crippen LogP contribution in [-0.2, 0) is 11.2 Å². The zero-order chi connectivity index (χ0) is 15.3. The molecule has 1 aromatic carbocycles. The Morgan fingerprint density at radius 3 is 2.40 bits per heavy atom. The summed E-state index contributed by atoms with van der Waals surface area (Å²) in [6.07, 6.45) is 1.18. The lowest BCUT2D eigenvalue weighted by Gasteiger charge is -2.17. The molecule has 4 nitrogen and oxygen atoms in total. The minimum Gasteiger partial charge on any atom is -0.479 e. The maximum atomic E-state index is 11.5. The molecule has 0 saturated heterocycles. The Bertz CT molecular complexity index is 457. The van der Waals surface area contributed by atoms with Gasteiger partial charge in [0, 0.05) is 13.1 Å². The molecule has 0 aromatic heterocycles. The van der Waals surface area contributed by atoms with Crippen molar-refractivity contribution in [3.8, 4) is 5.75 Å². The summed E-state index contributed by atoms with van der Waals surface area (Å²) < 4.78 is 7.29. The van der Waals surface area contributed by atoms with Crippen molar-refractivity contribution < 1.29 is 9.53 Å². The SMILES string of the molecule is CCC(N)Cc1cc(Br)c(OC(C)C(=O)NC)c(Br)c1. The lowest BCUT2D eigenvalue weighted by Crippen LogP contribution is -2.33. The summed E-state index contributed by atoms with van der Waals surface area (Å²) in [5.41, 5.74) is 7.09. The molecule has 1 rings (SSSR count). The monoisotopic (exact) mass is 406 g/mol. The number of ether oxygens (including phenoxy) is 1. The van der Waals surface area contributed by atoms with E-state index in [1.807, 2.05) is 12.1 Å². The summed E-state index contributed by atoms with van der Waals surface area (Å²) in [7, 11) is 1.58. The third-order valence-electron chi connectivity index (χ3n) is 2.99. The van der Waals surface area contributed by atoms with Gasteiger partial charge in [-0.2, -0.15) is 0 Å². The van der Waals surface area contributed by atoms with Gasteiger partial charge in [0.25, 0.3) is 5.91 Å². The number of halogens is 2. The van der Waals surface area contributed by atoms with Crippen LogP contribution in [0.5, 0.6) is 5.75 Å². The van der Waals surface area contributed by atoms with Crippen LogP contribution in [-0.4, -0.2) is 25.1 Å². The quantitative estimate of drug-likeness (QED) is 0.761. The molecular formula is C14H20Br2N2O2. The first kappa shape index (κ1) is 17.5. The smallest absolute Gasteiger partial charge is 0.260 e. The van der Waals surface area contributed by atoms with Gasteiger partial charge in [-0.1, -0.05) is 6.92 Å². The van der Waals surface area contributed by atoms with E-state index in [-0.39, 0.29) is 11.9 Å². The van der Waals surface area contributed by atoms with E-state index in [0.29, 0.717) is 5.75 Å². The predicted octanol–water partition coefficient (Wildman–Crippen LogP) is 3.00. The van der Waals surface area contributed by atoms with E-state index in [9.17, 15) is 4.79 Å². The fourth-order valence-electron chi connectivity index (χ4n) is 1.72. The third-order valence-corrected chi connectivity index (χ3v) is 4.17. The van der Waals surface area contributed by atoms with E-state index in [4.69, 9.17) is 10.5 Å². The molecule has 112 valence electrons. The highest BCUT2D eigenvalue weighted by molar-refractivity contribution is 9.11. The number of rotatable bonds is 6. The van der Waals surface area contributed by atoms with Gasteiger partial charge in [-0.3, -0.25) is 4.79 Å². The normalized spacial score (nSPS) is 13.7. The Balaban J connectivity index is 2.92. The lowest BCUT2D eigenvalue weighted by atomic mass is 10.0. The fourth-order valence-corrected chi connectivity index (χ4v) is 3.19. The number of likely N-dealkylation sites (N-methyl/N-ethyl adjacent to an activating group) is 1. The number of benzene rings is 1. The molecule has 3 N–H and O–H groups in total. The molecule has 0 spiro atoms. The molecule has 20 heavy (non-hydrogen) atoms. The van der Waals surface area contributed by atoms with Crippen molar-refractivity contribution in [2.45, 2.75) is 38.8 Å². The number of amides is 1. The second-order valence-electron chi connectivity index (χ2n) is 4.64. The van der Waals surface area contributed by atoms with Crippen LogP contribution in [0.2, 0.25) is 0 Å². The zero-order valence-electron chi connectivity index (χ0n) is 11.9. The van der Waals surface area contributed by atoms with Gasteiger partial charge in [0.2, 0.25) is 0 Å². The first-order valence-corrected chi connectivity index (χ1v) is 8.09. The van der Waals surface area contributed by atoms with Gasteiger partial charge >= 0.3 is 0 Å². The molecule has 0 aliphatic rings. The topological polar surface area (TPSA) is 64.3 Å². The van der Waals surface area contributed by atoms with E-state index in [1.165, 1.54) is 0 Å². The van der Waals surface area contributed by atoms with E-state index >= 15 is 0 Å². The highest BCUT2D eigenvalue weighted by atomic mass is 79.9. The molecule has 1 amide bonds. The van der Waals surface area contributed by atoms with E-state index < -0.39 is 6.10 Å². The first-order chi connectivity index (χ1) is 9.38. The maximum absolute atomic E-state index is 11.5. The number of nitrogens with two attached hydrogens (primary N) is 1. The van der Waals surface area contributed by atoms with Gasteiger partial charge in [0.05, 0.1) is 8.95 Å². The largest absolute Gasteiger partial charge is 0.479 e. The average molecular weight is 408 g/mol. The minimum absolute atomic E-state index is 0.144. The van der Waals surface area contributed by atoms with Crippen molar-refractivity contribution in [3.63, 3.8) is 0 Å². The number of carbonyl (C=O) groups is 1. The molecule has 2 unspecified atom stereocenters. The molecule has 0 radical (unpaired) electrons. The number of hydrogen-bond acceptors (Lipinski definition) is 3. The van der Waals surface area contributed by atoms with Gasteiger partial charge in [0.15, 0.2) is 6.10 Å². The van der Waals surface area contributed by atoms with Crippen LogP contribution in [0, 0.1) is 0 Å². The van der Waals surface area contributed by atoms with Crippen molar-refractivity contribution in [2.24, 2.45) is 5.73 Å². The van der Waals surface area contributed by atoms with Crippen molar-refractivity contribution in [1.29, 1.82) is 0 Å². The molecule has 0 aliphatic heterocycles. The van der Waals surface area contributed by atoms with Crippen LogP contribution in [0.25, 0.3) is 0 Å². The van der Waals surface area contributed by atoms with Crippen LogP contribution < -0.4 is 15.8 Å². The molecule has 6 heteroatoms. The van der Waals surface area contributed by atoms with Crippen LogP contribution >= 0.6 is 31.9 Å². The first-order valence-electron chi connectivity index (χ1n) is 6.50. The summed E-state index contributed by atoms with van der Waals surface area (Å²) in [4.78, 5) is 11.5. The van der Waals surface area contributed by atoms with Gasteiger partial charge < -0.3 is 15.8 Å². The van der Waals surface area contributed by atoms with Gasteiger partial charge in [0.1, 0.15) is 5.75 Å². The van der Waals surface area contributed by atoms with E-state index in [1.54, 1.807) is 14.0 Å². The highest BCUT2D eigenvalue weighted by Gasteiger charge is 2.17. The molecule has 0 aliphatic carbocycles. The third kappa shape index (κ3) is 4.75. The molecule has 1 aromatic rings. The number of hydrogen-bond donors (Lipinski definition) is 2. The average Bonchev–Trinajstić information content (AvgIpc) is 2.41. The second-order valence-corrected chi connectivity index (χ2v) is 6.34. The molecule has 0 saturated carbocycles. The molecule has 0 heterocycles. The van der Waals surface area contributed by atoms with Gasteiger partial charge in [-0.25, -0.2) is 0 Å². The van der Waals surface area contributed by atoms with Crippen LogP contribution in [0.3, 0.4) is 0 Å². The number of nitrogens with one attached hydrogen (secondary N) is 1. The fraction of sp³-hybridized carbons (Fsp3) is 0.500. The van der Waals surface area contributed by atoms with Crippen molar-refractivity contribution >= 4 is 37.8 Å². The summed E-state index contributed by atoms with van der Waals surface area (Å²) >= 11 is 6.96. The van der Waals surface area contributed by atoms with Crippen LogP contribution in [0.1, 0.15) is 25.8 Å². The predicted molar refractivity (Wildman–Crippen MR) is 88.0 cm³/mol. The van der Waals surface area contributed by atoms with Crippen molar-refractivity contribution in [1.82, 2.24) is 5.32 Å². The summed E-state index contributed by atoms with van der Waals surface area (Å²) in [5.74, 6) is 0.454. The minimum atomic E-state index is -0.559. The highest BCUT2D eigenvalue weighted by Crippen LogP contribution is 2.35. The molecular weight excluding hydrogens is 388 g/mol. The summed E-state index contributed by atoms with van der Waals surface area (Å²) in [6, 6.07) is 4.10. The summed E-state index contributed by atoms with van der Waals surface area (Å²) in [5, 5.41) is 2.56. The Morgan fingerprint density at radius 1 is 1.40 bits per heavy atom. The zero-order valence-corrected chi connectivity index (χ0v) is 15.0. The Morgan fingerprint density at radius 2 is 1.95 bits per heavy atom.